The molecule has 1 N–H and O–H groups in total. The van der Waals surface area contributed by atoms with Crippen molar-refractivity contribution < 1.29 is 4.74 Å². The van der Waals surface area contributed by atoms with Crippen molar-refractivity contribution in [3.8, 4) is 17.0 Å². The number of aromatic amines is 1. The van der Waals surface area contributed by atoms with E-state index in [0.717, 1.165) is 28.4 Å². The highest BCUT2D eigenvalue weighted by atomic mass is 35.5. The SMILES string of the molecule is CCOc1ccc(/C=C/c2ncc(-c3ccc(Cl)cc3Cl)[nH]2)cc1. The molecular weight excluding hydrogens is 343 g/mol. The molecule has 0 spiro atoms. The van der Waals surface area contributed by atoms with E-state index in [1.165, 1.54) is 0 Å². The van der Waals surface area contributed by atoms with Gasteiger partial charge in [0, 0.05) is 10.6 Å². The number of H-pyrrole nitrogens is 1. The lowest BCUT2D eigenvalue weighted by Gasteiger charge is -2.02. The largest absolute Gasteiger partial charge is 0.494 e. The van der Waals surface area contributed by atoms with Gasteiger partial charge in [0.2, 0.25) is 0 Å². The summed E-state index contributed by atoms with van der Waals surface area (Å²) in [6.45, 7) is 2.63. The van der Waals surface area contributed by atoms with E-state index >= 15 is 0 Å². The van der Waals surface area contributed by atoms with E-state index in [1.54, 1.807) is 18.3 Å². The summed E-state index contributed by atoms with van der Waals surface area (Å²) in [5, 5.41) is 1.20. The lowest BCUT2D eigenvalue weighted by Crippen LogP contribution is -1.90. The van der Waals surface area contributed by atoms with Crippen LogP contribution in [0.3, 0.4) is 0 Å². The van der Waals surface area contributed by atoms with Crippen molar-refractivity contribution in [2.45, 2.75) is 6.92 Å². The molecule has 0 saturated carbocycles. The predicted molar refractivity (Wildman–Crippen MR) is 101 cm³/mol. The maximum absolute atomic E-state index is 6.22. The minimum Gasteiger partial charge on any atom is -0.494 e. The molecule has 0 radical (unpaired) electrons. The summed E-state index contributed by atoms with van der Waals surface area (Å²) in [6.07, 6.45) is 5.66. The first-order valence-corrected chi connectivity index (χ1v) is 8.32. The molecule has 1 aromatic heterocycles. The van der Waals surface area contributed by atoms with Gasteiger partial charge in [-0.15, -0.1) is 0 Å². The summed E-state index contributed by atoms with van der Waals surface area (Å²) >= 11 is 12.2. The first-order valence-electron chi connectivity index (χ1n) is 7.57. The molecule has 0 saturated heterocycles. The smallest absolute Gasteiger partial charge is 0.130 e. The van der Waals surface area contributed by atoms with Gasteiger partial charge in [-0.1, -0.05) is 41.4 Å². The highest BCUT2D eigenvalue weighted by Crippen LogP contribution is 2.29. The Morgan fingerprint density at radius 1 is 1.08 bits per heavy atom. The number of nitrogens with zero attached hydrogens (tertiary/aromatic N) is 1. The number of hydrogen-bond donors (Lipinski definition) is 1. The van der Waals surface area contributed by atoms with Gasteiger partial charge < -0.3 is 9.72 Å². The van der Waals surface area contributed by atoms with E-state index in [-0.39, 0.29) is 0 Å². The standard InChI is InChI=1S/C19H16Cl2N2O/c1-2-24-15-7-3-13(4-8-15)5-10-19-22-12-18(23-19)16-9-6-14(20)11-17(16)21/h3-12H,2H2,1H3,(H,22,23)/b10-5+. The van der Waals surface area contributed by atoms with Crippen LogP contribution in [-0.4, -0.2) is 16.6 Å². The van der Waals surface area contributed by atoms with Crippen molar-refractivity contribution in [3.63, 3.8) is 0 Å². The highest BCUT2D eigenvalue weighted by molar-refractivity contribution is 6.36. The average Bonchev–Trinajstić information content (AvgIpc) is 3.03. The Balaban J connectivity index is 1.75. The van der Waals surface area contributed by atoms with Crippen molar-refractivity contribution in [1.29, 1.82) is 0 Å². The third-order valence-corrected chi connectivity index (χ3v) is 3.99. The lowest BCUT2D eigenvalue weighted by atomic mass is 10.2. The van der Waals surface area contributed by atoms with E-state index in [4.69, 9.17) is 27.9 Å². The molecule has 122 valence electrons. The van der Waals surface area contributed by atoms with Crippen LogP contribution in [0.25, 0.3) is 23.4 Å². The fraction of sp³-hybridized carbons (Fsp3) is 0.105. The number of hydrogen-bond acceptors (Lipinski definition) is 2. The summed E-state index contributed by atoms with van der Waals surface area (Å²) in [5.74, 6) is 1.62. The molecule has 0 atom stereocenters. The van der Waals surface area contributed by atoms with E-state index in [0.29, 0.717) is 16.7 Å². The number of nitrogens with one attached hydrogen (secondary N) is 1. The summed E-state index contributed by atoms with van der Waals surface area (Å²) in [7, 11) is 0. The van der Waals surface area contributed by atoms with Gasteiger partial charge in [0.25, 0.3) is 0 Å². The molecule has 0 aliphatic rings. The number of rotatable bonds is 5. The van der Waals surface area contributed by atoms with Crippen LogP contribution in [0.4, 0.5) is 0 Å². The molecule has 24 heavy (non-hydrogen) atoms. The molecule has 2 aromatic carbocycles. The Morgan fingerprint density at radius 3 is 2.58 bits per heavy atom. The van der Waals surface area contributed by atoms with Crippen molar-refractivity contribution in [1.82, 2.24) is 9.97 Å². The molecule has 0 fully saturated rings. The zero-order valence-corrected chi connectivity index (χ0v) is 14.6. The van der Waals surface area contributed by atoms with Crippen LogP contribution in [0.2, 0.25) is 10.0 Å². The first-order chi connectivity index (χ1) is 11.7. The van der Waals surface area contributed by atoms with Gasteiger partial charge in [0.05, 0.1) is 23.5 Å². The molecule has 0 unspecified atom stereocenters. The molecule has 0 bridgehead atoms. The second kappa shape index (κ2) is 7.56. The summed E-state index contributed by atoms with van der Waals surface area (Å²) < 4.78 is 5.43. The molecule has 3 nitrogen and oxygen atoms in total. The van der Waals surface area contributed by atoms with E-state index in [1.807, 2.05) is 49.4 Å². The fourth-order valence-electron chi connectivity index (χ4n) is 2.28. The van der Waals surface area contributed by atoms with Crippen molar-refractivity contribution in [2.24, 2.45) is 0 Å². The predicted octanol–water partition coefficient (Wildman–Crippen LogP) is 5.95. The second-order valence-corrected chi connectivity index (χ2v) is 5.99. The van der Waals surface area contributed by atoms with E-state index in [9.17, 15) is 0 Å². The molecule has 0 amide bonds. The van der Waals surface area contributed by atoms with Crippen LogP contribution in [0.15, 0.2) is 48.7 Å². The van der Waals surface area contributed by atoms with Crippen LogP contribution in [-0.2, 0) is 0 Å². The van der Waals surface area contributed by atoms with Crippen LogP contribution in [0.1, 0.15) is 18.3 Å². The van der Waals surface area contributed by atoms with Gasteiger partial charge in [-0.25, -0.2) is 4.98 Å². The summed E-state index contributed by atoms with van der Waals surface area (Å²) in [6, 6.07) is 13.3. The maximum atomic E-state index is 6.22. The molecule has 5 heteroatoms. The van der Waals surface area contributed by atoms with Gasteiger partial charge in [-0.05, 0) is 48.9 Å². The number of aromatic nitrogens is 2. The van der Waals surface area contributed by atoms with Gasteiger partial charge in [0.15, 0.2) is 0 Å². The Labute approximate surface area is 150 Å². The van der Waals surface area contributed by atoms with Crippen molar-refractivity contribution in [3.05, 3.63) is 70.1 Å². The van der Waals surface area contributed by atoms with Gasteiger partial charge in [-0.3, -0.25) is 0 Å². The quantitative estimate of drug-likeness (QED) is 0.611. The zero-order chi connectivity index (χ0) is 16.9. The van der Waals surface area contributed by atoms with Crippen molar-refractivity contribution >= 4 is 35.4 Å². The number of halogens is 2. The van der Waals surface area contributed by atoms with Crippen LogP contribution < -0.4 is 4.74 Å². The molecule has 0 aliphatic heterocycles. The maximum Gasteiger partial charge on any atom is 0.130 e. The Morgan fingerprint density at radius 2 is 1.88 bits per heavy atom. The van der Waals surface area contributed by atoms with Crippen LogP contribution in [0, 0.1) is 0 Å². The molecule has 3 rings (SSSR count). The Bertz CT molecular complexity index is 854. The third-order valence-electron chi connectivity index (χ3n) is 3.44. The van der Waals surface area contributed by atoms with Gasteiger partial charge in [0.1, 0.15) is 11.6 Å². The Hall–Kier alpha value is -2.23. The fourth-order valence-corrected chi connectivity index (χ4v) is 2.79. The Kier molecular flexibility index (Phi) is 5.24. The molecule has 0 aliphatic carbocycles. The highest BCUT2D eigenvalue weighted by Gasteiger charge is 2.06. The van der Waals surface area contributed by atoms with Gasteiger partial charge in [-0.2, -0.15) is 0 Å². The van der Waals surface area contributed by atoms with Gasteiger partial charge >= 0.3 is 0 Å². The number of ether oxygens (including phenoxy) is 1. The summed E-state index contributed by atoms with van der Waals surface area (Å²) in [4.78, 5) is 7.60. The molecular formula is C19H16Cl2N2O. The normalized spacial score (nSPS) is 11.1. The lowest BCUT2D eigenvalue weighted by molar-refractivity contribution is 0.340. The average molecular weight is 359 g/mol. The summed E-state index contributed by atoms with van der Waals surface area (Å²) in [5.41, 5.74) is 2.79. The monoisotopic (exact) mass is 358 g/mol. The molecule has 1 heterocycles. The van der Waals surface area contributed by atoms with Crippen LogP contribution in [0.5, 0.6) is 5.75 Å². The minimum atomic E-state index is 0.591. The minimum absolute atomic E-state index is 0.591. The second-order valence-electron chi connectivity index (χ2n) is 5.14. The van der Waals surface area contributed by atoms with E-state index in [2.05, 4.69) is 9.97 Å². The van der Waals surface area contributed by atoms with E-state index < -0.39 is 0 Å². The van der Waals surface area contributed by atoms with Crippen molar-refractivity contribution in [2.75, 3.05) is 6.61 Å². The zero-order valence-electron chi connectivity index (χ0n) is 13.1. The van der Waals surface area contributed by atoms with Crippen LogP contribution >= 0.6 is 23.2 Å². The third kappa shape index (κ3) is 3.99. The number of benzene rings is 2. The first kappa shape index (κ1) is 16.6. The topological polar surface area (TPSA) is 37.9 Å². The number of imidazole rings is 1. The molecule has 3 aromatic rings.